The quantitative estimate of drug-likeness (QED) is 0.163. The molecule has 5 heterocycles. The fourth-order valence-corrected chi connectivity index (χ4v) is 4.93. The van der Waals surface area contributed by atoms with Gasteiger partial charge in [0.05, 0.1) is 29.3 Å². The number of rotatable bonds is 8. The molecule has 1 amide bonds. The molecule has 44 heavy (non-hydrogen) atoms. The number of aromatic amines is 2. The van der Waals surface area contributed by atoms with Crippen molar-refractivity contribution >= 4 is 39.2 Å². The van der Waals surface area contributed by atoms with Crippen LogP contribution in [0.4, 0.5) is 15.8 Å². The Balaban J connectivity index is 1.35. The van der Waals surface area contributed by atoms with E-state index in [1.54, 1.807) is 31.0 Å². The predicted molar refractivity (Wildman–Crippen MR) is 173 cm³/mol. The zero-order chi connectivity index (χ0) is 31.0. The van der Waals surface area contributed by atoms with Gasteiger partial charge >= 0.3 is 0 Å². The molecule has 0 aliphatic heterocycles. The molecule has 0 radical (unpaired) electrons. The highest BCUT2D eigenvalue weighted by atomic mass is 19.1. The van der Waals surface area contributed by atoms with Gasteiger partial charge in [0, 0.05) is 70.2 Å². The summed E-state index contributed by atoms with van der Waals surface area (Å²) < 4.78 is 14.7. The average molecular weight is 592 g/mol. The third-order valence-electron chi connectivity index (χ3n) is 7.32. The zero-order valence-corrected chi connectivity index (χ0v) is 25.3. The van der Waals surface area contributed by atoms with Crippen molar-refractivity contribution in [3.8, 4) is 33.6 Å². The van der Waals surface area contributed by atoms with Crippen LogP contribution in [0.15, 0.2) is 67.4 Å². The summed E-state index contributed by atoms with van der Waals surface area (Å²) in [5, 5.41) is 15.5. The monoisotopic (exact) mass is 591 g/mol. The van der Waals surface area contributed by atoms with E-state index in [0.29, 0.717) is 29.3 Å². The number of amides is 1. The molecule has 1 aromatic carbocycles. The second-order valence-electron chi connectivity index (χ2n) is 12.1. The molecule has 0 spiro atoms. The minimum absolute atomic E-state index is 0.0927. The summed E-state index contributed by atoms with van der Waals surface area (Å²) in [7, 11) is 4.00. The number of benzene rings is 1. The first-order chi connectivity index (χ1) is 21.0. The lowest BCUT2D eigenvalue weighted by Gasteiger charge is -2.17. The van der Waals surface area contributed by atoms with Crippen LogP contribution in [0.3, 0.4) is 0 Å². The molecular weight excluding hydrogens is 557 g/mol. The maximum Gasteiger partial charge on any atom is 0.229 e. The highest BCUT2D eigenvalue weighted by molar-refractivity contribution is 6.01. The summed E-state index contributed by atoms with van der Waals surface area (Å²) in [5.74, 6) is -0.416. The van der Waals surface area contributed by atoms with E-state index < -0.39 is 5.41 Å². The Labute approximate surface area is 254 Å². The molecule has 0 aliphatic rings. The number of fused-ring (bicyclic) bond motifs is 2. The van der Waals surface area contributed by atoms with Crippen LogP contribution in [0.25, 0.3) is 55.6 Å². The Morgan fingerprint density at radius 1 is 0.886 bits per heavy atom. The molecule has 0 fully saturated rings. The van der Waals surface area contributed by atoms with Gasteiger partial charge in [0.25, 0.3) is 0 Å². The molecule has 0 saturated carbocycles. The van der Waals surface area contributed by atoms with Crippen LogP contribution in [-0.4, -0.2) is 68.1 Å². The lowest BCUT2D eigenvalue weighted by atomic mass is 9.95. The molecule has 0 saturated heterocycles. The topological polar surface area (TPSA) is 128 Å². The van der Waals surface area contributed by atoms with E-state index in [0.717, 1.165) is 50.8 Å². The fraction of sp³-hybridized carbons (Fsp3) is 0.242. The van der Waals surface area contributed by atoms with Crippen molar-refractivity contribution in [2.45, 2.75) is 20.8 Å². The molecule has 0 atom stereocenters. The molecule has 6 rings (SSSR count). The summed E-state index contributed by atoms with van der Waals surface area (Å²) in [6.07, 6.45) is 8.61. The number of nitrogens with zero attached hydrogens (tertiary/aromatic N) is 5. The molecule has 10 nitrogen and oxygen atoms in total. The first kappa shape index (κ1) is 28.9. The number of hydrogen-bond donors (Lipinski definition) is 4. The third kappa shape index (κ3) is 6.00. The van der Waals surface area contributed by atoms with Gasteiger partial charge in [-0.25, -0.2) is 9.37 Å². The van der Waals surface area contributed by atoms with Gasteiger partial charge in [-0.3, -0.25) is 19.9 Å². The number of carbonyl (C=O) groups is 1. The number of aromatic nitrogens is 6. The van der Waals surface area contributed by atoms with Gasteiger partial charge in [0.1, 0.15) is 11.5 Å². The number of halogens is 1. The van der Waals surface area contributed by atoms with E-state index in [2.05, 4.69) is 45.7 Å². The highest BCUT2D eigenvalue weighted by Gasteiger charge is 2.21. The largest absolute Gasteiger partial charge is 0.384 e. The van der Waals surface area contributed by atoms with E-state index >= 15 is 0 Å². The van der Waals surface area contributed by atoms with Crippen molar-refractivity contribution in [2.75, 3.05) is 37.8 Å². The number of H-pyrrole nitrogens is 2. The van der Waals surface area contributed by atoms with Gasteiger partial charge in [-0.1, -0.05) is 20.8 Å². The van der Waals surface area contributed by atoms with Crippen molar-refractivity contribution in [1.29, 1.82) is 0 Å². The lowest BCUT2D eigenvalue weighted by Crippen LogP contribution is -2.27. The molecular formula is C33H34FN9O. The van der Waals surface area contributed by atoms with Gasteiger partial charge in [-0.15, -0.1) is 0 Å². The van der Waals surface area contributed by atoms with Crippen LogP contribution >= 0.6 is 0 Å². The van der Waals surface area contributed by atoms with Crippen molar-refractivity contribution in [3.05, 3.63) is 73.2 Å². The number of hydrogen-bond acceptors (Lipinski definition) is 7. The Morgan fingerprint density at radius 3 is 2.45 bits per heavy atom. The van der Waals surface area contributed by atoms with E-state index in [1.165, 1.54) is 12.1 Å². The number of carbonyl (C=O) groups excluding carboxylic acids is 1. The minimum Gasteiger partial charge on any atom is -0.384 e. The van der Waals surface area contributed by atoms with Crippen LogP contribution in [0.5, 0.6) is 0 Å². The van der Waals surface area contributed by atoms with Gasteiger partial charge in [0.15, 0.2) is 5.65 Å². The fourth-order valence-electron chi connectivity index (χ4n) is 4.93. The van der Waals surface area contributed by atoms with Crippen molar-refractivity contribution in [3.63, 3.8) is 0 Å². The molecule has 4 N–H and O–H groups in total. The second-order valence-corrected chi connectivity index (χ2v) is 12.1. The summed E-state index contributed by atoms with van der Waals surface area (Å²) in [6, 6.07) is 10.8. The number of nitrogens with one attached hydrogen (secondary N) is 4. The Bertz CT molecular complexity index is 1990. The maximum absolute atomic E-state index is 14.7. The van der Waals surface area contributed by atoms with Crippen LogP contribution in [0, 0.1) is 11.2 Å². The minimum atomic E-state index is -0.531. The number of likely N-dealkylation sites (N-methyl/N-ethyl adjacent to an activating group) is 1. The SMILES string of the molecule is CN(C)CCNc1cc(F)cc(-c2cncc3[nH]c(-c4n[nH]c5ncc(-c6cncc(NC(=O)C(C)(C)C)c6)cc45)cc23)c1. The van der Waals surface area contributed by atoms with Gasteiger partial charge in [-0.2, -0.15) is 5.10 Å². The average Bonchev–Trinajstić information content (AvgIpc) is 3.60. The molecule has 0 bridgehead atoms. The van der Waals surface area contributed by atoms with Crippen LogP contribution in [0.2, 0.25) is 0 Å². The van der Waals surface area contributed by atoms with Crippen LogP contribution in [0.1, 0.15) is 20.8 Å². The van der Waals surface area contributed by atoms with E-state index in [1.807, 2.05) is 59.1 Å². The summed E-state index contributed by atoms with van der Waals surface area (Å²) in [5.41, 5.74) is 6.84. The number of pyridine rings is 3. The first-order valence-electron chi connectivity index (χ1n) is 14.3. The van der Waals surface area contributed by atoms with Crippen molar-refractivity contribution in [1.82, 2.24) is 35.0 Å². The Kier molecular flexibility index (Phi) is 7.56. The van der Waals surface area contributed by atoms with E-state index in [9.17, 15) is 9.18 Å². The molecule has 0 aliphatic carbocycles. The molecule has 6 aromatic rings. The third-order valence-corrected chi connectivity index (χ3v) is 7.32. The lowest BCUT2D eigenvalue weighted by molar-refractivity contribution is -0.123. The molecule has 224 valence electrons. The standard InChI is InChI=1S/C33H34FN9O/c1-33(2,3)32(44)39-24-10-20(14-35-16-24)21-11-26-30(41-42-31(26)38-15-21)28-13-25-27(17-36-18-29(25)40-28)19-8-22(34)12-23(9-19)37-6-7-43(4)5/h8-18,37,40H,6-7H2,1-5H3,(H,39,44)(H,38,41,42). The number of anilines is 2. The van der Waals surface area contributed by atoms with E-state index in [-0.39, 0.29) is 11.7 Å². The first-order valence-corrected chi connectivity index (χ1v) is 14.3. The maximum atomic E-state index is 14.7. The highest BCUT2D eigenvalue weighted by Crippen LogP contribution is 2.35. The van der Waals surface area contributed by atoms with E-state index in [4.69, 9.17) is 0 Å². The summed E-state index contributed by atoms with van der Waals surface area (Å²) in [4.78, 5) is 31.4. The molecule has 0 unspecified atom stereocenters. The predicted octanol–water partition coefficient (Wildman–Crippen LogP) is 6.33. The Hall–Kier alpha value is -5.16. The normalized spacial score (nSPS) is 11.9. The smallest absolute Gasteiger partial charge is 0.229 e. The summed E-state index contributed by atoms with van der Waals surface area (Å²) >= 11 is 0. The van der Waals surface area contributed by atoms with Gasteiger partial charge < -0.3 is 20.5 Å². The molecule has 11 heteroatoms. The summed E-state index contributed by atoms with van der Waals surface area (Å²) in [6.45, 7) is 7.11. The van der Waals surface area contributed by atoms with Gasteiger partial charge in [0.2, 0.25) is 5.91 Å². The van der Waals surface area contributed by atoms with Crippen molar-refractivity contribution < 1.29 is 9.18 Å². The van der Waals surface area contributed by atoms with Crippen LogP contribution in [-0.2, 0) is 4.79 Å². The van der Waals surface area contributed by atoms with Gasteiger partial charge in [-0.05, 0) is 56.1 Å². The zero-order valence-electron chi connectivity index (χ0n) is 25.3. The van der Waals surface area contributed by atoms with Crippen molar-refractivity contribution in [2.24, 2.45) is 5.41 Å². The molecule has 5 aromatic heterocycles. The second kappa shape index (κ2) is 11.5. The van der Waals surface area contributed by atoms with Crippen LogP contribution < -0.4 is 10.6 Å². The Morgan fingerprint density at radius 2 is 1.66 bits per heavy atom.